The van der Waals surface area contributed by atoms with E-state index in [0.717, 1.165) is 23.4 Å². The lowest BCUT2D eigenvalue weighted by atomic mass is 10.1. The first-order valence-corrected chi connectivity index (χ1v) is 7.97. The molecule has 0 fully saturated rings. The van der Waals surface area contributed by atoms with Crippen molar-refractivity contribution >= 4 is 6.03 Å². The van der Waals surface area contributed by atoms with Crippen LogP contribution in [0.4, 0.5) is 4.79 Å². The Hall–Kier alpha value is -2.37. The molecule has 0 aromatic carbocycles. The van der Waals surface area contributed by atoms with Crippen molar-refractivity contribution in [2.45, 2.75) is 52.7 Å². The van der Waals surface area contributed by atoms with Crippen molar-refractivity contribution in [3.8, 4) is 0 Å². The highest BCUT2D eigenvalue weighted by atomic mass is 16.2. The summed E-state index contributed by atoms with van der Waals surface area (Å²) in [7, 11) is 0. The fraction of sp³-hybridized carbons (Fsp3) is 0.471. The fourth-order valence-electron chi connectivity index (χ4n) is 2.61. The lowest BCUT2D eigenvalue weighted by Crippen LogP contribution is -2.44. The van der Waals surface area contributed by atoms with Gasteiger partial charge in [0.1, 0.15) is 0 Å². The molecule has 2 heterocycles. The topological polar surface area (TPSA) is 71.8 Å². The number of carbonyl (C=O) groups excluding carboxylic acids is 1. The van der Waals surface area contributed by atoms with Crippen LogP contribution >= 0.6 is 0 Å². The van der Waals surface area contributed by atoms with Gasteiger partial charge in [-0.1, -0.05) is 6.92 Å². The predicted molar refractivity (Wildman–Crippen MR) is 90.1 cm³/mol. The van der Waals surface area contributed by atoms with Crippen molar-refractivity contribution < 1.29 is 4.79 Å². The Labute approximate surface area is 137 Å². The van der Waals surface area contributed by atoms with Gasteiger partial charge >= 0.3 is 6.03 Å². The summed E-state index contributed by atoms with van der Waals surface area (Å²) in [5, 5.41) is 10.4. The summed E-state index contributed by atoms with van der Waals surface area (Å²) in [6, 6.07) is 5.69. The fourth-order valence-corrected chi connectivity index (χ4v) is 2.61. The molecular weight excluding hydrogens is 290 g/mol. The molecule has 124 valence electrons. The summed E-state index contributed by atoms with van der Waals surface area (Å²) in [5.74, 6) is 0. The van der Waals surface area contributed by atoms with Crippen molar-refractivity contribution in [1.29, 1.82) is 0 Å². The Morgan fingerprint density at radius 1 is 1.26 bits per heavy atom. The van der Waals surface area contributed by atoms with E-state index >= 15 is 0 Å². The molecule has 23 heavy (non-hydrogen) atoms. The van der Waals surface area contributed by atoms with E-state index in [9.17, 15) is 4.79 Å². The average molecular weight is 315 g/mol. The van der Waals surface area contributed by atoms with E-state index in [-0.39, 0.29) is 18.1 Å². The molecule has 2 amide bonds. The Kier molecular flexibility index (Phi) is 5.73. The first-order valence-electron chi connectivity index (χ1n) is 7.97. The van der Waals surface area contributed by atoms with Gasteiger partial charge in [0.25, 0.3) is 0 Å². The number of amides is 2. The number of pyridine rings is 1. The Balaban J connectivity index is 1.89. The number of nitrogens with one attached hydrogen (secondary N) is 2. The molecule has 2 aromatic rings. The van der Waals surface area contributed by atoms with E-state index in [0.29, 0.717) is 6.54 Å². The molecule has 0 saturated carbocycles. The van der Waals surface area contributed by atoms with Crippen LogP contribution in [0.3, 0.4) is 0 Å². The molecule has 2 N–H and O–H groups in total. The normalized spacial score (nSPS) is 13.4. The summed E-state index contributed by atoms with van der Waals surface area (Å²) in [5.41, 5.74) is 3.14. The molecule has 2 aromatic heterocycles. The van der Waals surface area contributed by atoms with Crippen molar-refractivity contribution in [2.24, 2.45) is 0 Å². The zero-order valence-electron chi connectivity index (χ0n) is 14.2. The van der Waals surface area contributed by atoms with Gasteiger partial charge in [0.2, 0.25) is 0 Å². The Morgan fingerprint density at radius 3 is 2.52 bits per heavy atom. The maximum atomic E-state index is 12.2. The molecular formula is C17H25N5O. The van der Waals surface area contributed by atoms with Crippen LogP contribution in [-0.4, -0.2) is 26.8 Å². The minimum Gasteiger partial charge on any atom is -0.334 e. The molecule has 0 saturated heterocycles. The van der Waals surface area contributed by atoms with Gasteiger partial charge in [-0.15, -0.1) is 0 Å². The van der Waals surface area contributed by atoms with Gasteiger partial charge in [-0.3, -0.25) is 9.67 Å². The van der Waals surface area contributed by atoms with Crippen LogP contribution in [0.5, 0.6) is 0 Å². The van der Waals surface area contributed by atoms with E-state index in [4.69, 9.17) is 0 Å². The van der Waals surface area contributed by atoms with Crippen LogP contribution in [0.2, 0.25) is 0 Å². The second-order valence-electron chi connectivity index (χ2n) is 5.87. The first-order chi connectivity index (χ1) is 11.0. The van der Waals surface area contributed by atoms with Crippen molar-refractivity contribution in [3.05, 3.63) is 47.5 Å². The summed E-state index contributed by atoms with van der Waals surface area (Å²) in [4.78, 5) is 16.2. The number of hydrogen-bond acceptors (Lipinski definition) is 3. The molecule has 0 aliphatic carbocycles. The minimum absolute atomic E-state index is 0.0112. The van der Waals surface area contributed by atoms with Crippen LogP contribution in [0.1, 0.15) is 43.3 Å². The molecule has 2 rings (SSSR count). The maximum Gasteiger partial charge on any atom is 0.315 e. The first kappa shape index (κ1) is 17.0. The summed E-state index contributed by atoms with van der Waals surface area (Å²) < 4.78 is 1.92. The number of urea groups is 1. The molecule has 0 aliphatic heterocycles. The molecule has 0 aliphatic rings. The van der Waals surface area contributed by atoms with Crippen LogP contribution < -0.4 is 10.6 Å². The second kappa shape index (κ2) is 7.76. The third kappa shape index (κ3) is 4.81. The molecule has 0 unspecified atom stereocenters. The van der Waals surface area contributed by atoms with Crippen LogP contribution in [0.15, 0.2) is 30.6 Å². The minimum atomic E-state index is -0.164. The van der Waals surface area contributed by atoms with Crippen molar-refractivity contribution in [3.63, 3.8) is 0 Å². The molecule has 6 heteroatoms. The predicted octanol–water partition coefficient (Wildman–Crippen LogP) is 2.73. The lowest BCUT2D eigenvalue weighted by molar-refractivity contribution is 0.232. The third-order valence-corrected chi connectivity index (χ3v) is 3.75. The molecule has 0 radical (unpaired) electrons. The number of carbonyl (C=O) groups is 1. The zero-order valence-corrected chi connectivity index (χ0v) is 14.2. The number of rotatable bonds is 6. The van der Waals surface area contributed by atoms with Gasteiger partial charge in [0.15, 0.2) is 0 Å². The standard InChI is InChI=1S/C17H25N5O/c1-5-16(15-6-8-18-9-7-15)20-17(23)19-13(3)11-22-14(4)10-12(2)21-22/h6-10,13,16H,5,11H2,1-4H3,(H2,19,20,23)/t13-,16-/m1/s1. The molecule has 0 spiro atoms. The number of aromatic nitrogens is 3. The SMILES string of the molecule is CC[C@@H](NC(=O)N[C@H](C)Cn1nc(C)cc1C)c1ccncc1. The molecule has 0 bridgehead atoms. The van der Waals surface area contributed by atoms with E-state index in [1.165, 1.54) is 0 Å². The highest BCUT2D eigenvalue weighted by molar-refractivity contribution is 5.74. The van der Waals surface area contributed by atoms with Crippen molar-refractivity contribution in [2.75, 3.05) is 0 Å². The van der Waals surface area contributed by atoms with Gasteiger partial charge in [-0.05, 0) is 51.0 Å². The Morgan fingerprint density at radius 2 is 1.96 bits per heavy atom. The van der Waals surface area contributed by atoms with Crippen LogP contribution in [0, 0.1) is 13.8 Å². The second-order valence-corrected chi connectivity index (χ2v) is 5.87. The lowest BCUT2D eigenvalue weighted by Gasteiger charge is -2.20. The summed E-state index contributed by atoms with van der Waals surface area (Å²) >= 11 is 0. The highest BCUT2D eigenvalue weighted by Gasteiger charge is 2.15. The highest BCUT2D eigenvalue weighted by Crippen LogP contribution is 2.14. The van der Waals surface area contributed by atoms with Gasteiger partial charge < -0.3 is 10.6 Å². The number of aryl methyl sites for hydroxylation is 2. The molecule has 6 nitrogen and oxygen atoms in total. The third-order valence-electron chi connectivity index (χ3n) is 3.75. The van der Waals surface area contributed by atoms with Gasteiger partial charge in [0.05, 0.1) is 18.3 Å². The molecule has 2 atom stereocenters. The van der Waals surface area contributed by atoms with E-state index in [2.05, 4.69) is 20.7 Å². The maximum absolute atomic E-state index is 12.2. The largest absolute Gasteiger partial charge is 0.334 e. The van der Waals surface area contributed by atoms with E-state index < -0.39 is 0 Å². The zero-order chi connectivity index (χ0) is 16.8. The van der Waals surface area contributed by atoms with Gasteiger partial charge in [0, 0.05) is 24.1 Å². The Bertz CT molecular complexity index is 638. The van der Waals surface area contributed by atoms with E-state index in [1.54, 1.807) is 12.4 Å². The average Bonchev–Trinajstić information content (AvgIpc) is 2.83. The summed E-state index contributed by atoms with van der Waals surface area (Å²) in [6.45, 7) is 8.66. The van der Waals surface area contributed by atoms with Crippen LogP contribution in [-0.2, 0) is 6.54 Å². The van der Waals surface area contributed by atoms with E-state index in [1.807, 2.05) is 50.6 Å². The summed E-state index contributed by atoms with van der Waals surface area (Å²) in [6.07, 6.45) is 4.30. The van der Waals surface area contributed by atoms with Crippen molar-refractivity contribution in [1.82, 2.24) is 25.4 Å². The van der Waals surface area contributed by atoms with Crippen LogP contribution in [0.25, 0.3) is 0 Å². The van der Waals surface area contributed by atoms with Gasteiger partial charge in [-0.25, -0.2) is 4.79 Å². The monoisotopic (exact) mass is 315 g/mol. The van der Waals surface area contributed by atoms with Gasteiger partial charge in [-0.2, -0.15) is 5.10 Å². The quantitative estimate of drug-likeness (QED) is 0.861. The number of nitrogens with zero attached hydrogens (tertiary/aromatic N) is 3. The number of hydrogen-bond donors (Lipinski definition) is 2. The smallest absolute Gasteiger partial charge is 0.315 e.